The predicted octanol–water partition coefficient (Wildman–Crippen LogP) is 3.18. The number of nitrogens with zero attached hydrogens (tertiary/aromatic N) is 1. The maximum absolute atomic E-state index is 3.36. The molecule has 1 atom stereocenters. The van der Waals surface area contributed by atoms with Gasteiger partial charge in [-0.05, 0) is 32.9 Å². The van der Waals surface area contributed by atoms with Crippen molar-refractivity contribution in [2.75, 3.05) is 20.1 Å². The van der Waals surface area contributed by atoms with Crippen LogP contribution in [0.25, 0.3) is 0 Å². The first-order valence-corrected chi connectivity index (χ1v) is 4.96. The smallest absolute Gasteiger partial charge is 0.000445 e. The Labute approximate surface area is 78.5 Å². The van der Waals surface area contributed by atoms with Gasteiger partial charge in [0.1, 0.15) is 0 Å². The number of hydrogen-bond acceptors (Lipinski definition) is 1. The minimum Gasteiger partial charge on any atom is -0.306 e. The molecule has 1 heteroatoms. The zero-order chi connectivity index (χ0) is 9.98. The molecule has 0 aromatic heterocycles. The van der Waals surface area contributed by atoms with Crippen LogP contribution in [0.1, 0.15) is 34.1 Å². The lowest BCUT2D eigenvalue weighted by Gasteiger charge is -2.03. The van der Waals surface area contributed by atoms with Crippen molar-refractivity contribution in [1.82, 2.24) is 4.90 Å². The summed E-state index contributed by atoms with van der Waals surface area (Å²) < 4.78 is 0. The molecule has 1 rings (SSSR count). The molecule has 1 aliphatic rings. The Morgan fingerprint density at radius 3 is 1.92 bits per heavy atom. The van der Waals surface area contributed by atoms with Crippen LogP contribution in [0.3, 0.4) is 0 Å². The van der Waals surface area contributed by atoms with Gasteiger partial charge in [-0.3, -0.25) is 0 Å². The highest BCUT2D eigenvalue weighted by atomic mass is 15.1. The lowest BCUT2D eigenvalue weighted by atomic mass is 10.2. The van der Waals surface area contributed by atoms with E-state index in [-0.39, 0.29) is 0 Å². The Morgan fingerprint density at radius 2 is 1.83 bits per heavy atom. The van der Waals surface area contributed by atoms with Gasteiger partial charge in [-0.2, -0.15) is 0 Å². The van der Waals surface area contributed by atoms with Crippen LogP contribution >= 0.6 is 0 Å². The molecule has 1 saturated heterocycles. The fraction of sp³-hybridized carbons (Fsp3) is 0.818. The van der Waals surface area contributed by atoms with Crippen LogP contribution in [-0.4, -0.2) is 25.0 Å². The summed E-state index contributed by atoms with van der Waals surface area (Å²) in [6.07, 6.45) is 3.15. The molecular weight excluding hydrogens is 146 g/mol. The molecule has 1 nitrogen and oxygen atoms in total. The number of likely N-dealkylation sites (tertiary alicyclic amines) is 1. The van der Waals surface area contributed by atoms with E-state index in [2.05, 4.69) is 25.5 Å². The van der Waals surface area contributed by atoms with Gasteiger partial charge in [0.05, 0.1) is 0 Å². The molecule has 0 N–H and O–H groups in total. The number of rotatable bonds is 0. The Balaban J connectivity index is 0. The van der Waals surface area contributed by atoms with Crippen LogP contribution in [0.15, 0.2) is 12.7 Å². The van der Waals surface area contributed by atoms with E-state index in [4.69, 9.17) is 0 Å². The summed E-state index contributed by atoms with van der Waals surface area (Å²) in [6.45, 7) is 14.2. The highest BCUT2D eigenvalue weighted by Crippen LogP contribution is 2.11. The Morgan fingerprint density at radius 1 is 1.42 bits per heavy atom. The second-order valence-electron chi connectivity index (χ2n) is 3.06. The van der Waals surface area contributed by atoms with Crippen molar-refractivity contribution < 1.29 is 0 Å². The molecule has 0 amide bonds. The van der Waals surface area contributed by atoms with E-state index in [0.29, 0.717) is 0 Å². The molecule has 0 aliphatic carbocycles. The highest BCUT2D eigenvalue weighted by molar-refractivity contribution is 4.67. The zero-order valence-electron chi connectivity index (χ0n) is 9.43. The van der Waals surface area contributed by atoms with Gasteiger partial charge in [-0.25, -0.2) is 0 Å². The third-order valence-electron chi connectivity index (χ3n) is 1.63. The van der Waals surface area contributed by atoms with E-state index >= 15 is 0 Å². The molecule has 1 unspecified atom stereocenters. The largest absolute Gasteiger partial charge is 0.306 e. The van der Waals surface area contributed by atoms with E-state index in [1.807, 2.05) is 20.8 Å². The summed E-state index contributed by atoms with van der Waals surface area (Å²) in [4.78, 5) is 2.38. The van der Waals surface area contributed by atoms with E-state index in [1.54, 1.807) is 6.08 Å². The molecule has 74 valence electrons. The van der Waals surface area contributed by atoms with E-state index in [1.165, 1.54) is 19.5 Å². The first kappa shape index (κ1) is 14.2. The maximum Gasteiger partial charge on any atom is 0.000445 e. The van der Waals surface area contributed by atoms with Crippen LogP contribution in [0.4, 0.5) is 0 Å². The van der Waals surface area contributed by atoms with E-state index < -0.39 is 0 Å². The molecule has 1 aliphatic heterocycles. The molecule has 0 aromatic carbocycles. The summed E-state index contributed by atoms with van der Waals surface area (Å²) in [7, 11) is 2.18. The molecule has 0 radical (unpaired) electrons. The van der Waals surface area contributed by atoms with Gasteiger partial charge in [0.25, 0.3) is 0 Å². The highest BCUT2D eigenvalue weighted by Gasteiger charge is 2.13. The fourth-order valence-electron chi connectivity index (χ4n) is 1.16. The number of hydrogen-bond donors (Lipinski definition) is 0. The molecule has 1 fully saturated rings. The van der Waals surface area contributed by atoms with Crippen LogP contribution < -0.4 is 0 Å². The summed E-state index contributed by atoms with van der Waals surface area (Å²) in [5.41, 5.74) is 0. The topological polar surface area (TPSA) is 3.24 Å². The Kier molecular flexibility index (Phi) is 12.7. The molecule has 0 aromatic rings. The number of allylic oxidation sites excluding steroid dienone is 1. The van der Waals surface area contributed by atoms with Gasteiger partial charge < -0.3 is 4.90 Å². The summed E-state index contributed by atoms with van der Waals surface area (Å²) >= 11 is 0. The van der Waals surface area contributed by atoms with Gasteiger partial charge in [-0.15, -0.1) is 6.58 Å². The summed E-state index contributed by atoms with van der Waals surface area (Å²) in [6, 6.07) is 0. The van der Waals surface area contributed by atoms with Crippen LogP contribution in [0.5, 0.6) is 0 Å². The summed E-state index contributed by atoms with van der Waals surface area (Å²) in [5, 5.41) is 0. The molecular formula is C11H25N. The van der Waals surface area contributed by atoms with E-state index in [0.717, 1.165) is 5.92 Å². The van der Waals surface area contributed by atoms with Crippen molar-refractivity contribution in [3.05, 3.63) is 12.7 Å². The van der Waals surface area contributed by atoms with Gasteiger partial charge in [-0.1, -0.05) is 26.8 Å². The first-order chi connectivity index (χ1) is 5.70. The average Bonchev–Trinajstić information content (AvgIpc) is 2.40. The zero-order valence-corrected chi connectivity index (χ0v) is 9.43. The maximum atomic E-state index is 3.36. The molecule has 1 heterocycles. The molecule has 0 bridgehead atoms. The van der Waals surface area contributed by atoms with Crippen molar-refractivity contribution in [2.24, 2.45) is 5.92 Å². The van der Waals surface area contributed by atoms with Crippen molar-refractivity contribution in [3.8, 4) is 0 Å². The summed E-state index contributed by atoms with van der Waals surface area (Å²) in [5.74, 6) is 0.949. The minimum absolute atomic E-state index is 0.949. The lowest BCUT2D eigenvalue weighted by molar-refractivity contribution is 0.402. The SMILES string of the molecule is C=CC.CC.CC1CCN(C)C1. The quantitative estimate of drug-likeness (QED) is 0.506. The predicted molar refractivity (Wildman–Crippen MR) is 58.5 cm³/mol. The second-order valence-corrected chi connectivity index (χ2v) is 3.06. The minimum atomic E-state index is 0.949. The molecule has 12 heavy (non-hydrogen) atoms. The van der Waals surface area contributed by atoms with Gasteiger partial charge in [0.15, 0.2) is 0 Å². The fourth-order valence-corrected chi connectivity index (χ4v) is 1.16. The molecule has 0 saturated carbocycles. The average molecular weight is 171 g/mol. The van der Waals surface area contributed by atoms with Gasteiger partial charge >= 0.3 is 0 Å². The van der Waals surface area contributed by atoms with Crippen molar-refractivity contribution in [1.29, 1.82) is 0 Å². The standard InChI is InChI=1S/C6H13N.C3H6.C2H6/c1-6-3-4-7(2)5-6;1-3-2;1-2/h6H,3-5H2,1-2H3;3H,1H2,2H3;1-2H3. The third kappa shape index (κ3) is 9.70. The van der Waals surface area contributed by atoms with Crippen LogP contribution in [0, 0.1) is 5.92 Å². The second kappa shape index (κ2) is 10.7. The van der Waals surface area contributed by atoms with Crippen molar-refractivity contribution in [2.45, 2.75) is 34.1 Å². The van der Waals surface area contributed by atoms with Gasteiger partial charge in [0, 0.05) is 6.54 Å². The lowest BCUT2D eigenvalue weighted by Crippen LogP contribution is -2.12. The van der Waals surface area contributed by atoms with Crippen molar-refractivity contribution >= 4 is 0 Å². The Bertz CT molecular complexity index is 81.0. The Hall–Kier alpha value is -0.300. The third-order valence-corrected chi connectivity index (χ3v) is 1.63. The first-order valence-electron chi connectivity index (χ1n) is 4.96. The van der Waals surface area contributed by atoms with Crippen molar-refractivity contribution in [3.63, 3.8) is 0 Å². The van der Waals surface area contributed by atoms with Crippen LogP contribution in [0.2, 0.25) is 0 Å². The van der Waals surface area contributed by atoms with Gasteiger partial charge in [0.2, 0.25) is 0 Å². The normalized spacial score (nSPS) is 21.6. The van der Waals surface area contributed by atoms with Crippen LogP contribution in [-0.2, 0) is 0 Å². The van der Waals surface area contributed by atoms with E-state index in [9.17, 15) is 0 Å². The monoisotopic (exact) mass is 171 g/mol. The molecule has 0 spiro atoms.